The van der Waals surface area contributed by atoms with E-state index in [0.717, 1.165) is 56.2 Å². The lowest BCUT2D eigenvalue weighted by molar-refractivity contribution is -0.154. The smallest absolute Gasteiger partial charge is 0.316 e. The number of ether oxygens (including phenoxy) is 1. The second-order valence-corrected chi connectivity index (χ2v) is 10.6. The molecule has 1 aliphatic heterocycles. The normalized spacial score (nSPS) is 16.1. The lowest BCUT2D eigenvalue weighted by atomic mass is 9.78. The molecule has 1 saturated heterocycles. The third-order valence-corrected chi connectivity index (χ3v) is 7.39. The van der Waals surface area contributed by atoms with Crippen LogP contribution in [0, 0.1) is 0 Å². The first kappa shape index (κ1) is 26.2. The van der Waals surface area contributed by atoms with Crippen molar-refractivity contribution < 1.29 is 9.53 Å². The van der Waals surface area contributed by atoms with E-state index in [9.17, 15) is 4.79 Å². The molecule has 4 rings (SSSR count). The number of piperazine rings is 1. The Hall–Kier alpha value is -2.82. The summed E-state index contributed by atoms with van der Waals surface area (Å²) in [5.41, 5.74) is 4.05. The van der Waals surface area contributed by atoms with Gasteiger partial charge in [0.2, 0.25) is 0 Å². The summed E-state index contributed by atoms with van der Waals surface area (Å²) in [5, 5.41) is 0.758. The second kappa shape index (κ2) is 11.9. The van der Waals surface area contributed by atoms with Crippen molar-refractivity contribution in [3.63, 3.8) is 0 Å². The molecule has 190 valence electrons. The fourth-order valence-electron chi connectivity index (χ4n) is 4.91. The number of anilines is 1. The molecule has 1 aliphatic rings. The molecule has 3 aromatic rings. The average Bonchev–Trinajstić information content (AvgIpc) is 2.90. The molecule has 0 amide bonds. The highest BCUT2D eigenvalue weighted by atomic mass is 35.5. The molecular formula is C31H37ClN2O2. The monoisotopic (exact) mass is 504 g/mol. The lowest BCUT2D eigenvalue weighted by Gasteiger charge is -2.37. The van der Waals surface area contributed by atoms with E-state index in [1.807, 2.05) is 63.2 Å². The zero-order chi connectivity index (χ0) is 25.5. The van der Waals surface area contributed by atoms with Gasteiger partial charge in [-0.1, -0.05) is 66.2 Å². The summed E-state index contributed by atoms with van der Waals surface area (Å²) in [5.74, 6) is -0.129. The van der Waals surface area contributed by atoms with E-state index in [4.69, 9.17) is 16.3 Å². The van der Waals surface area contributed by atoms with Gasteiger partial charge in [-0.2, -0.15) is 0 Å². The van der Waals surface area contributed by atoms with E-state index in [1.54, 1.807) is 0 Å². The minimum Gasteiger partial charge on any atom is -0.462 e. The number of esters is 1. The number of nitrogens with zero attached hydrogens (tertiary/aromatic N) is 2. The summed E-state index contributed by atoms with van der Waals surface area (Å²) in [6, 6.07) is 26.8. The van der Waals surface area contributed by atoms with Crippen LogP contribution in [-0.4, -0.2) is 49.7 Å². The predicted molar refractivity (Wildman–Crippen MR) is 150 cm³/mol. The van der Waals surface area contributed by atoms with E-state index in [2.05, 4.69) is 46.2 Å². The van der Waals surface area contributed by atoms with Gasteiger partial charge >= 0.3 is 5.97 Å². The zero-order valence-corrected chi connectivity index (χ0v) is 22.4. The van der Waals surface area contributed by atoms with E-state index < -0.39 is 5.41 Å². The number of hydrogen-bond donors (Lipinski definition) is 0. The number of carbonyl (C=O) groups excluding carboxylic acids is 1. The van der Waals surface area contributed by atoms with Gasteiger partial charge < -0.3 is 9.64 Å². The second-order valence-electron chi connectivity index (χ2n) is 10.1. The van der Waals surface area contributed by atoms with E-state index in [-0.39, 0.29) is 12.1 Å². The number of halogens is 1. The molecule has 0 spiro atoms. The van der Waals surface area contributed by atoms with Gasteiger partial charge in [-0.05, 0) is 81.1 Å². The average molecular weight is 505 g/mol. The fraction of sp³-hybridized carbons (Fsp3) is 0.387. The molecule has 1 unspecified atom stereocenters. The van der Waals surface area contributed by atoms with Crippen molar-refractivity contribution in [1.82, 2.24) is 4.90 Å². The summed E-state index contributed by atoms with van der Waals surface area (Å²) >= 11 is 6.02. The van der Waals surface area contributed by atoms with Crippen LogP contribution in [0.25, 0.3) is 11.1 Å². The van der Waals surface area contributed by atoms with Gasteiger partial charge in [0.1, 0.15) is 0 Å². The molecule has 1 fully saturated rings. The molecule has 0 aliphatic carbocycles. The van der Waals surface area contributed by atoms with Crippen molar-refractivity contribution >= 4 is 23.3 Å². The van der Waals surface area contributed by atoms with Crippen LogP contribution in [0.4, 0.5) is 5.69 Å². The molecule has 0 N–H and O–H groups in total. The molecule has 3 aromatic carbocycles. The van der Waals surface area contributed by atoms with Crippen molar-refractivity contribution in [2.24, 2.45) is 0 Å². The van der Waals surface area contributed by atoms with E-state index in [1.165, 1.54) is 16.8 Å². The Bertz CT molecular complexity index is 1110. The molecule has 5 heteroatoms. The summed E-state index contributed by atoms with van der Waals surface area (Å²) in [6.07, 6.45) is 1.61. The predicted octanol–water partition coefficient (Wildman–Crippen LogP) is 6.82. The van der Waals surface area contributed by atoms with Crippen LogP contribution in [0.1, 0.15) is 39.2 Å². The molecule has 0 aromatic heterocycles. The largest absolute Gasteiger partial charge is 0.462 e. The molecule has 0 saturated carbocycles. The number of hydrogen-bond acceptors (Lipinski definition) is 4. The standard InChI is InChI=1S/C31H37ClN2O2/c1-24(2)36-30(35)31(3,27-8-5-4-6-9-27)18-7-19-33-20-22-34(23-21-33)29-16-12-26(13-17-29)25-10-14-28(32)15-11-25/h4-6,8-17,24H,7,18-23H2,1-3H3. The summed E-state index contributed by atoms with van der Waals surface area (Å²) in [4.78, 5) is 18.0. The Morgan fingerprint density at radius 2 is 1.47 bits per heavy atom. The quantitative estimate of drug-likeness (QED) is 0.299. The first-order valence-electron chi connectivity index (χ1n) is 12.9. The molecular weight excluding hydrogens is 468 g/mol. The highest BCUT2D eigenvalue weighted by Crippen LogP contribution is 2.31. The van der Waals surface area contributed by atoms with Crippen LogP contribution in [0.5, 0.6) is 0 Å². The molecule has 1 atom stereocenters. The minimum absolute atomic E-state index is 0.117. The highest BCUT2D eigenvalue weighted by molar-refractivity contribution is 6.30. The Morgan fingerprint density at radius 1 is 0.889 bits per heavy atom. The first-order valence-corrected chi connectivity index (χ1v) is 13.3. The molecule has 4 nitrogen and oxygen atoms in total. The Balaban J connectivity index is 1.29. The minimum atomic E-state index is -0.626. The first-order chi connectivity index (χ1) is 17.3. The van der Waals surface area contributed by atoms with Gasteiger partial charge in [0, 0.05) is 36.9 Å². The van der Waals surface area contributed by atoms with Gasteiger partial charge in [0.15, 0.2) is 0 Å². The summed E-state index contributed by atoms with van der Waals surface area (Å²) < 4.78 is 5.65. The maximum atomic E-state index is 13.0. The van der Waals surface area contributed by atoms with Crippen molar-refractivity contribution in [2.45, 2.75) is 45.1 Å². The Morgan fingerprint density at radius 3 is 2.06 bits per heavy atom. The van der Waals surface area contributed by atoms with Gasteiger partial charge in [-0.15, -0.1) is 0 Å². The zero-order valence-electron chi connectivity index (χ0n) is 21.6. The topological polar surface area (TPSA) is 32.8 Å². The third-order valence-electron chi connectivity index (χ3n) is 7.14. The van der Waals surface area contributed by atoms with Crippen LogP contribution in [0.3, 0.4) is 0 Å². The Labute approximate surface area is 220 Å². The van der Waals surface area contributed by atoms with Crippen molar-refractivity contribution in [2.75, 3.05) is 37.6 Å². The molecule has 1 heterocycles. The number of rotatable bonds is 9. The van der Waals surface area contributed by atoms with Crippen molar-refractivity contribution in [1.29, 1.82) is 0 Å². The van der Waals surface area contributed by atoms with Crippen LogP contribution >= 0.6 is 11.6 Å². The van der Waals surface area contributed by atoms with Crippen LogP contribution in [-0.2, 0) is 14.9 Å². The fourth-order valence-corrected chi connectivity index (χ4v) is 5.03. The molecule has 0 bridgehead atoms. The Kier molecular flexibility index (Phi) is 8.71. The van der Waals surface area contributed by atoms with Crippen LogP contribution in [0.15, 0.2) is 78.9 Å². The highest BCUT2D eigenvalue weighted by Gasteiger charge is 2.37. The van der Waals surface area contributed by atoms with E-state index in [0.29, 0.717) is 0 Å². The van der Waals surface area contributed by atoms with Gasteiger partial charge in [0.05, 0.1) is 11.5 Å². The van der Waals surface area contributed by atoms with Gasteiger partial charge in [0.25, 0.3) is 0 Å². The molecule has 0 radical (unpaired) electrons. The van der Waals surface area contributed by atoms with Gasteiger partial charge in [-0.25, -0.2) is 0 Å². The molecule has 36 heavy (non-hydrogen) atoms. The summed E-state index contributed by atoms with van der Waals surface area (Å²) in [6.45, 7) is 10.9. The SMILES string of the molecule is CC(C)OC(=O)C(C)(CCCN1CCN(c2ccc(-c3ccc(Cl)cc3)cc2)CC1)c1ccccc1. The number of carbonyl (C=O) groups is 1. The third kappa shape index (κ3) is 6.48. The van der Waals surface area contributed by atoms with Crippen molar-refractivity contribution in [3.05, 3.63) is 89.4 Å². The van der Waals surface area contributed by atoms with Crippen LogP contribution < -0.4 is 4.90 Å². The van der Waals surface area contributed by atoms with Crippen molar-refractivity contribution in [3.8, 4) is 11.1 Å². The van der Waals surface area contributed by atoms with Crippen LogP contribution in [0.2, 0.25) is 5.02 Å². The number of benzene rings is 3. The maximum Gasteiger partial charge on any atom is 0.316 e. The lowest BCUT2D eigenvalue weighted by Crippen LogP contribution is -2.47. The maximum absolute atomic E-state index is 13.0. The summed E-state index contributed by atoms with van der Waals surface area (Å²) in [7, 11) is 0. The van der Waals surface area contributed by atoms with Gasteiger partial charge in [-0.3, -0.25) is 9.69 Å². The van der Waals surface area contributed by atoms with E-state index >= 15 is 0 Å².